The van der Waals surface area contributed by atoms with E-state index in [1.165, 1.54) is 28.6 Å². The van der Waals surface area contributed by atoms with Crippen LogP contribution in [0.3, 0.4) is 0 Å². The molecule has 1 heterocycles. The van der Waals surface area contributed by atoms with Crippen molar-refractivity contribution in [2.45, 2.75) is 11.7 Å². The summed E-state index contributed by atoms with van der Waals surface area (Å²) in [6.45, 7) is 0.430. The normalized spacial score (nSPS) is 10.7. The number of aromatic nitrogens is 3. The van der Waals surface area contributed by atoms with Gasteiger partial charge in [0, 0.05) is 24.7 Å². The summed E-state index contributed by atoms with van der Waals surface area (Å²) in [4.78, 5) is 14.1. The Morgan fingerprint density at radius 3 is 2.64 bits per heavy atom. The Morgan fingerprint density at radius 2 is 1.93 bits per heavy atom. The Kier molecular flexibility index (Phi) is 6.15. The zero-order chi connectivity index (χ0) is 20.1. The summed E-state index contributed by atoms with van der Waals surface area (Å²) in [6, 6.07) is 13.4. The first kappa shape index (κ1) is 19.7. The van der Waals surface area contributed by atoms with Crippen molar-refractivity contribution < 1.29 is 13.9 Å². The Hall–Kier alpha value is -3.07. The summed E-state index contributed by atoms with van der Waals surface area (Å²) < 4.78 is 19.7. The van der Waals surface area contributed by atoms with E-state index in [-0.39, 0.29) is 17.5 Å². The van der Waals surface area contributed by atoms with E-state index in [0.717, 1.165) is 11.3 Å². The highest BCUT2D eigenvalue weighted by Gasteiger charge is 2.16. The van der Waals surface area contributed by atoms with Gasteiger partial charge in [-0.2, -0.15) is 0 Å². The zero-order valence-electron chi connectivity index (χ0n) is 15.5. The van der Waals surface area contributed by atoms with Gasteiger partial charge in [0.05, 0.1) is 12.9 Å². The first-order chi connectivity index (χ1) is 13.5. The van der Waals surface area contributed by atoms with Gasteiger partial charge in [-0.05, 0) is 30.3 Å². The number of ether oxygens (including phenoxy) is 1. The number of hydrogen-bond acceptors (Lipinski definition) is 6. The number of methoxy groups -OCH3 is 1. The van der Waals surface area contributed by atoms with E-state index >= 15 is 0 Å². The molecule has 0 spiro atoms. The van der Waals surface area contributed by atoms with E-state index in [4.69, 9.17) is 10.6 Å². The van der Waals surface area contributed by atoms with E-state index in [9.17, 15) is 9.18 Å². The third-order valence-corrected chi connectivity index (χ3v) is 5.05. The molecular formula is C19H20FN5O2S. The van der Waals surface area contributed by atoms with Crippen molar-refractivity contribution in [3.8, 4) is 17.1 Å². The van der Waals surface area contributed by atoms with Gasteiger partial charge in [-0.1, -0.05) is 30.0 Å². The van der Waals surface area contributed by atoms with Crippen molar-refractivity contribution in [3.05, 3.63) is 59.9 Å². The second-order valence-electron chi connectivity index (χ2n) is 6.03. The number of nitrogens with two attached hydrogens (primary N) is 1. The molecule has 0 fully saturated rings. The molecule has 2 aromatic carbocycles. The van der Waals surface area contributed by atoms with Gasteiger partial charge in [-0.3, -0.25) is 4.79 Å². The average molecular weight is 401 g/mol. The largest absolute Gasteiger partial charge is 0.496 e. The molecule has 0 aliphatic rings. The SMILES string of the molecule is COc1ccccc1CN(C)C(=O)CSc1nnc(-c2ccc(F)cc2)n1N. The number of carbonyl (C=O) groups excluding carboxylic acids is 1. The molecule has 9 heteroatoms. The number of rotatable bonds is 7. The number of thioether (sulfide) groups is 1. The molecular weight excluding hydrogens is 381 g/mol. The number of nitrogen functional groups attached to an aromatic ring is 1. The summed E-state index contributed by atoms with van der Waals surface area (Å²) in [5, 5.41) is 8.46. The molecule has 28 heavy (non-hydrogen) atoms. The van der Waals surface area contributed by atoms with Crippen LogP contribution in [0.1, 0.15) is 5.56 Å². The summed E-state index contributed by atoms with van der Waals surface area (Å²) in [7, 11) is 3.33. The van der Waals surface area contributed by atoms with Crippen molar-refractivity contribution in [1.82, 2.24) is 19.8 Å². The van der Waals surface area contributed by atoms with Gasteiger partial charge in [-0.15, -0.1) is 10.2 Å². The molecule has 146 valence electrons. The van der Waals surface area contributed by atoms with Crippen LogP contribution in [0.4, 0.5) is 4.39 Å². The summed E-state index contributed by atoms with van der Waals surface area (Å²) >= 11 is 1.19. The second kappa shape index (κ2) is 8.75. The lowest BCUT2D eigenvalue weighted by Gasteiger charge is -2.18. The van der Waals surface area contributed by atoms with Crippen LogP contribution in [0.15, 0.2) is 53.7 Å². The molecule has 0 saturated carbocycles. The van der Waals surface area contributed by atoms with Crippen LogP contribution in [-0.2, 0) is 11.3 Å². The number of benzene rings is 2. The molecule has 7 nitrogen and oxygen atoms in total. The van der Waals surface area contributed by atoms with E-state index in [0.29, 0.717) is 23.1 Å². The average Bonchev–Trinajstić information content (AvgIpc) is 3.07. The topological polar surface area (TPSA) is 86.3 Å². The maximum Gasteiger partial charge on any atom is 0.233 e. The third kappa shape index (κ3) is 4.42. The van der Waals surface area contributed by atoms with E-state index in [1.807, 2.05) is 24.3 Å². The molecule has 0 aliphatic heterocycles. The number of halogens is 1. The van der Waals surface area contributed by atoms with Gasteiger partial charge in [0.15, 0.2) is 5.82 Å². The first-order valence-corrected chi connectivity index (χ1v) is 9.43. The van der Waals surface area contributed by atoms with Gasteiger partial charge < -0.3 is 15.5 Å². The molecule has 2 N–H and O–H groups in total. The molecule has 1 aromatic heterocycles. The highest BCUT2D eigenvalue weighted by Crippen LogP contribution is 2.23. The van der Waals surface area contributed by atoms with Crippen molar-refractivity contribution >= 4 is 17.7 Å². The van der Waals surface area contributed by atoms with Gasteiger partial charge in [0.25, 0.3) is 0 Å². The Labute approximate surface area is 166 Å². The number of nitrogens with zero attached hydrogens (tertiary/aromatic N) is 4. The van der Waals surface area contributed by atoms with Crippen molar-refractivity contribution in [2.24, 2.45) is 0 Å². The van der Waals surface area contributed by atoms with Crippen molar-refractivity contribution in [3.63, 3.8) is 0 Å². The molecule has 0 saturated heterocycles. The summed E-state index contributed by atoms with van der Waals surface area (Å²) in [5.74, 6) is 6.90. The third-order valence-electron chi connectivity index (χ3n) is 4.12. The van der Waals surface area contributed by atoms with Gasteiger partial charge >= 0.3 is 0 Å². The minimum Gasteiger partial charge on any atom is -0.496 e. The van der Waals surface area contributed by atoms with Crippen LogP contribution < -0.4 is 10.6 Å². The fraction of sp³-hybridized carbons (Fsp3) is 0.211. The number of para-hydroxylation sites is 1. The maximum absolute atomic E-state index is 13.1. The van der Waals surface area contributed by atoms with E-state index < -0.39 is 0 Å². The van der Waals surface area contributed by atoms with Gasteiger partial charge in [-0.25, -0.2) is 9.07 Å². The molecule has 0 unspecified atom stereocenters. The Morgan fingerprint density at radius 1 is 1.21 bits per heavy atom. The standard InChI is InChI=1S/C19H20FN5O2S/c1-24(11-14-5-3-4-6-16(14)27-2)17(26)12-28-19-23-22-18(25(19)21)13-7-9-15(20)10-8-13/h3-10H,11-12,21H2,1-2H3. The quantitative estimate of drug-likeness (QED) is 0.484. The lowest BCUT2D eigenvalue weighted by molar-refractivity contribution is -0.127. The lowest BCUT2D eigenvalue weighted by atomic mass is 10.2. The highest BCUT2D eigenvalue weighted by atomic mass is 32.2. The van der Waals surface area contributed by atoms with Gasteiger partial charge in [0.2, 0.25) is 11.1 Å². The van der Waals surface area contributed by atoms with Crippen molar-refractivity contribution in [1.29, 1.82) is 0 Å². The molecule has 3 rings (SSSR count). The van der Waals surface area contributed by atoms with Crippen LogP contribution in [0.25, 0.3) is 11.4 Å². The number of carbonyl (C=O) groups is 1. The van der Waals surface area contributed by atoms with Gasteiger partial charge in [0.1, 0.15) is 11.6 Å². The highest BCUT2D eigenvalue weighted by molar-refractivity contribution is 7.99. The van der Waals surface area contributed by atoms with Crippen LogP contribution in [0, 0.1) is 5.82 Å². The van der Waals surface area contributed by atoms with Crippen molar-refractivity contribution in [2.75, 3.05) is 25.8 Å². The molecule has 0 radical (unpaired) electrons. The number of amides is 1. The molecule has 1 amide bonds. The first-order valence-electron chi connectivity index (χ1n) is 8.44. The molecule has 0 bridgehead atoms. The Bertz CT molecular complexity index is 961. The fourth-order valence-corrected chi connectivity index (χ4v) is 3.38. The Balaban J connectivity index is 1.62. The molecule has 0 aliphatic carbocycles. The van der Waals surface area contributed by atoms with E-state index in [1.54, 1.807) is 31.2 Å². The minimum atomic E-state index is -0.342. The second-order valence-corrected chi connectivity index (χ2v) is 6.98. The predicted molar refractivity (Wildman–Crippen MR) is 106 cm³/mol. The zero-order valence-corrected chi connectivity index (χ0v) is 16.3. The van der Waals surface area contributed by atoms with E-state index in [2.05, 4.69) is 10.2 Å². The van der Waals surface area contributed by atoms with Crippen LogP contribution >= 0.6 is 11.8 Å². The van der Waals surface area contributed by atoms with Crippen LogP contribution in [0.2, 0.25) is 0 Å². The summed E-state index contributed by atoms with van der Waals surface area (Å²) in [6.07, 6.45) is 0. The smallest absolute Gasteiger partial charge is 0.233 e. The minimum absolute atomic E-state index is 0.0813. The predicted octanol–water partition coefficient (Wildman–Crippen LogP) is 2.56. The summed E-state index contributed by atoms with van der Waals surface area (Å²) in [5.41, 5.74) is 1.56. The van der Waals surface area contributed by atoms with Crippen LogP contribution in [0.5, 0.6) is 5.75 Å². The number of hydrogen-bond donors (Lipinski definition) is 1. The molecule has 0 atom stereocenters. The maximum atomic E-state index is 13.1. The monoisotopic (exact) mass is 401 g/mol. The fourth-order valence-electron chi connectivity index (χ4n) is 2.59. The van der Waals surface area contributed by atoms with Crippen LogP contribution in [-0.4, -0.2) is 45.6 Å². The lowest BCUT2D eigenvalue weighted by Crippen LogP contribution is -2.28. The molecule has 3 aromatic rings.